The number of urea groups is 1. The van der Waals surface area contributed by atoms with E-state index in [2.05, 4.69) is 17.6 Å². The van der Waals surface area contributed by atoms with Gasteiger partial charge in [0.05, 0.1) is 5.69 Å². The van der Waals surface area contributed by atoms with Crippen molar-refractivity contribution in [3.63, 3.8) is 0 Å². The summed E-state index contributed by atoms with van der Waals surface area (Å²) in [6.45, 7) is 2.86. The highest BCUT2D eigenvalue weighted by atomic mass is 32.1. The van der Waals surface area contributed by atoms with Crippen LogP contribution in [-0.2, 0) is 0 Å². The Kier molecular flexibility index (Phi) is 6.67. The molecule has 5 nitrogen and oxygen atoms in total. The highest BCUT2D eigenvalue weighted by molar-refractivity contribution is 7.80. The van der Waals surface area contributed by atoms with Crippen molar-refractivity contribution in [3.8, 4) is 5.75 Å². The van der Waals surface area contributed by atoms with E-state index >= 15 is 0 Å². The van der Waals surface area contributed by atoms with Crippen molar-refractivity contribution in [1.82, 2.24) is 5.32 Å². The Morgan fingerprint density at radius 3 is 2.84 bits per heavy atom. The number of hydrogen-bond acceptors (Lipinski definition) is 3. The van der Waals surface area contributed by atoms with E-state index in [1.165, 1.54) is 0 Å². The lowest BCUT2D eigenvalue weighted by Crippen LogP contribution is -2.29. The number of nitrogens with one attached hydrogen (secondary N) is 2. The summed E-state index contributed by atoms with van der Waals surface area (Å²) in [7, 11) is 0. The van der Waals surface area contributed by atoms with Crippen LogP contribution in [0.4, 0.5) is 10.5 Å². The quantitative estimate of drug-likeness (QED) is 0.529. The van der Waals surface area contributed by atoms with Crippen LogP contribution < -0.4 is 21.1 Å². The molecular formula is C13H19N3O2S. The van der Waals surface area contributed by atoms with Gasteiger partial charge < -0.3 is 21.1 Å². The molecule has 0 atom stereocenters. The summed E-state index contributed by atoms with van der Waals surface area (Å²) < 4.78 is 5.42. The number of carbonyl (C=O) groups excluding carboxylic acids is 1. The van der Waals surface area contributed by atoms with Crippen molar-refractivity contribution in [3.05, 3.63) is 24.3 Å². The van der Waals surface area contributed by atoms with Gasteiger partial charge in [-0.3, -0.25) is 0 Å². The fourth-order valence-corrected chi connectivity index (χ4v) is 1.45. The molecule has 0 saturated carbocycles. The first kappa shape index (κ1) is 15.2. The summed E-state index contributed by atoms with van der Waals surface area (Å²) >= 11 is 4.75. The molecule has 4 N–H and O–H groups in total. The molecular weight excluding hydrogens is 262 g/mol. The lowest BCUT2D eigenvalue weighted by atomic mass is 10.3. The molecule has 0 aliphatic rings. The molecule has 0 fully saturated rings. The van der Waals surface area contributed by atoms with Crippen LogP contribution in [0.2, 0.25) is 0 Å². The van der Waals surface area contributed by atoms with Crippen molar-refractivity contribution in [2.24, 2.45) is 5.73 Å². The van der Waals surface area contributed by atoms with E-state index in [1.807, 2.05) is 12.1 Å². The topological polar surface area (TPSA) is 76.4 Å². The monoisotopic (exact) mass is 281 g/mol. The van der Waals surface area contributed by atoms with Crippen molar-refractivity contribution >= 4 is 28.9 Å². The Morgan fingerprint density at radius 2 is 2.16 bits per heavy atom. The van der Waals surface area contributed by atoms with Gasteiger partial charge in [-0.2, -0.15) is 0 Å². The molecule has 0 aliphatic carbocycles. The molecule has 0 radical (unpaired) electrons. The molecule has 19 heavy (non-hydrogen) atoms. The summed E-state index contributed by atoms with van der Waals surface area (Å²) in [4.78, 5) is 11.9. The standard InChI is InChI=1S/C13H19N3O2S/c1-2-3-8-15-13(17)16-10-6-4-5-7-11(10)18-9-12(14)19/h4-7H,2-3,8-9H2,1H3,(H2,14,19)(H2,15,16,17). The number of hydrogen-bond donors (Lipinski definition) is 3. The largest absolute Gasteiger partial charge is 0.484 e. The predicted molar refractivity (Wildman–Crippen MR) is 80.7 cm³/mol. The number of nitrogens with two attached hydrogens (primary N) is 1. The van der Waals surface area contributed by atoms with Gasteiger partial charge >= 0.3 is 6.03 Å². The van der Waals surface area contributed by atoms with E-state index in [4.69, 9.17) is 22.7 Å². The second-order valence-electron chi connectivity index (χ2n) is 3.99. The SMILES string of the molecule is CCCCNC(=O)Nc1ccccc1OCC(N)=S. The van der Waals surface area contributed by atoms with E-state index in [1.54, 1.807) is 12.1 Å². The van der Waals surface area contributed by atoms with Crippen LogP contribution in [0.15, 0.2) is 24.3 Å². The first-order chi connectivity index (χ1) is 9.13. The lowest BCUT2D eigenvalue weighted by Gasteiger charge is -2.12. The lowest BCUT2D eigenvalue weighted by molar-refractivity contribution is 0.252. The Labute approximate surface area is 118 Å². The molecule has 2 amide bonds. The summed E-state index contributed by atoms with van der Waals surface area (Å²) in [6, 6.07) is 6.89. The van der Waals surface area contributed by atoms with E-state index in [0.29, 0.717) is 18.0 Å². The number of carbonyl (C=O) groups is 1. The smallest absolute Gasteiger partial charge is 0.319 e. The van der Waals surface area contributed by atoms with Gasteiger partial charge in [0, 0.05) is 6.54 Å². The van der Waals surface area contributed by atoms with E-state index in [-0.39, 0.29) is 17.6 Å². The van der Waals surface area contributed by atoms with E-state index in [9.17, 15) is 4.79 Å². The molecule has 0 spiro atoms. The molecule has 0 heterocycles. The Morgan fingerprint density at radius 1 is 1.42 bits per heavy atom. The second kappa shape index (κ2) is 8.31. The van der Waals surface area contributed by atoms with Gasteiger partial charge in [-0.15, -0.1) is 0 Å². The minimum Gasteiger partial charge on any atom is -0.484 e. The fraction of sp³-hybridized carbons (Fsp3) is 0.385. The average Bonchev–Trinajstić information content (AvgIpc) is 2.38. The van der Waals surface area contributed by atoms with Crippen LogP contribution in [0, 0.1) is 0 Å². The van der Waals surface area contributed by atoms with Crippen LogP contribution in [0.1, 0.15) is 19.8 Å². The summed E-state index contributed by atoms with van der Waals surface area (Å²) in [6.07, 6.45) is 1.99. The Balaban J connectivity index is 2.56. The number of amides is 2. The van der Waals surface area contributed by atoms with Gasteiger partial charge in [-0.1, -0.05) is 37.7 Å². The highest BCUT2D eigenvalue weighted by Crippen LogP contribution is 2.23. The number of anilines is 1. The van der Waals surface area contributed by atoms with E-state index in [0.717, 1.165) is 12.8 Å². The summed E-state index contributed by atoms with van der Waals surface area (Å²) in [5.74, 6) is 0.543. The van der Waals surface area contributed by atoms with Crippen molar-refractivity contribution < 1.29 is 9.53 Å². The first-order valence-corrected chi connectivity index (χ1v) is 6.59. The minimum atomic E-state index is -0.250. The highest BCUT2D eigenvalue weighted by Gasteiger charge is 2.06. The fourth-order valence-electron chi connectivity index (χ4n) is 1.39. The second-order valence-corrected chi connectivity index (χ2v) is 4.51. The number of thiocarbonyl (C=S) groups is 1. The van der Waals surface area contributed by atoms with Gasteiger partial charge in [0.1, 0.15) is 17.3 Å². The van der Waals surface area contributed by atoms with Gasteiger partial charge in [-0.25, -0.2) is 4.79 Å². The Bertz CT molecular complexity index is 438. The maximum Gasteiger partial charge on any atom is 0.319 e. The minimum absolute atomic E-state index is 0.144. The van der Waals surface area contributed by atoms with Gasteiger partial charge in [0.15, 0.2) is 0 Å². The molecule has 1 rings (SSSR count). The predicted octanol–water partition coefficient (Wildman–Crippen LogP) is 2.27. The molecule has 1 aromatic rings. The van der Waals surface area contributed by atoms with Gasteiger partial charge in [0.2, 0.25) is 0 Å². The first-order valence-electron chi connectivity index (χ1n) is 6.18. The van der Waals surface area contributed by atoms with Crippen molar-refractivity contribution in [2.75, 3.05) is 18.5 Å². The Hall–Kier alpha value is -1.82. The number of rotatable bonds is 7. The van der Waals surface area contributed by atoms with Crippen LogP contribution in [0.5, 0.6) is 5.75 Å². The number of benzene rings is 1. The molecule has 6 heteroatoms. The molecule has 104 valence electrons. The number of unbranched alkanes of at least 4 members (excludes halogenated alkanes) is 1. The number of ether oxygens (including phenoxy) is 1. The molecule has 0 saturated heterocycles. The van der Waals surface area contributed by atoms with Crippen LogP contribution in [0.3, 0.4) is 0 Å². The zero-order valence-electron chi connectivity index (χ0n) is 10.9. The third kappa shape index (κ3) is 6.05. The zero-order chi connectivity index (χ0) is 14.1. The van der Waals surface area contributed by atoms with Crippen LogP contribution >= 0.6 is 12.2 Å². The molecule has 0 bridgehead atoms. The summed E-state index contributed by atoms with van der Waals surface area (Å²) in [5, 5.41) is 5.50. The third-order valence-electron chi connectivity index (χ3n) is 2.32. The van der Waals surface area contributed by atoms with Gasteiger partial charge in [0.25, 0.3) is 0 Å². The average molecular weight is 281 g/mol. The summed E-state index contributed by atoms with van der Waals surface area (Å²) in [5.41, 5.74) is 5.97. The molecule has 1 aromatic carbocycles. The van der Waals surface area contributed by atoms with E-state index < -0.39 is 0 Å². The van der Waals surface area contributed by atoms with Crippen molar-refractivity contribution in [1.29, 1.82) is 0 Å². The van der Waals surface area contributed by atoms with Crippen LogP contribution in [-0.4, -0.2) is 24.2 Å². The normalized spacial score (nSPS) is 9.74. The van der Waals surface area contributed by atoms with Crippen molar-refractivity contribution in [2.45, 2.75) is 19.8 Å². The maximum absolute atomic E-state index is 11.6. The maximum atomic E-state index is 11.6. The third-order valence-corrected chi connectivity index (χ3v) is 2.44. The van der Waals surface area contributed by atoms with Gasteiger partial charge in [-0.05, 0) is 18.6 Å². The molecule has 0 aliphatic heterocycles. The molecule has 0 unspecified atom stereocenters. The number of para-hydroxylation sites is 2. The zero-order valence-corrected chi connectivity index (χ0v) is 11.8. The molecule has 0 aromatic heterocycles. The van der Waals surface area contributed by atoms with Crippen LogP contribution in [0.25, 0.3) is 0 Å².